The third-order valence-electron chi connectivity index (χ3n) is 6.82. The Labute approximate surface area is 259 Å². The first-order valence-corrected chi connectivity index (χ1v) is 15.6. The number of aromatic hydroxyl groups is 2. The SMILES string of the molecule is CCCCS(=O)(=O)Nc1cccc(C(c2cc(/C=N/n3nnnc3C)ccc2O)c2cc(/C=N/n3nnnc3C)ccc2O)c1. The Morgan fingerprint density at radius 3 is 1.89 bits per heavy atom. The van der Waals surface area contributed by atoms with Crippen molar-refractivity contribution in [3.05, 3.63) is 100 Å². The summed E-state index contributed by atoms with van der Waals surface area (Å²) in [5.74, 6) is 0.114. The first-order chi connectivity index (χ1) is 21.6. The van der Waals surface area contributed by atoms with Crippen molar-refractivity contribution >= 4 is 28.1 Å². The smallest absolute Gasteiger partial charge is 0.232 e. The molecule has 2 aromatic heterocycles. The van der Waals surface area contributed by atoms with Crippen molar-refractivity contribution in [3.63, 3.8) is 0 Å². The molecule has 0 aliphatic rings. The topological polar surface area (TPSA) is 199 Å². The van der Waals surface area contributed by atoms with Crippen LogP contribution in [0.25, 0.3) is 0 Å². The lowest BCUT2D eigenvalue weighted by Crippen LogP contribution is -2.17. The second-order valence-electron chi connectivity index (χ2n) is 10.2. The molecule has 16 heteroatoms. The summed E-state index contributed by atoms with van der Waals surface area (Å²) in [6.45, 7) is 5.34. The van der Waals surface area contributed by atoms with Gasteiger partial charge in [-0.25, -0.2) is 8.42 Å². The van der Waals surface area contributed by atoms with Gasteiger partial charge in [0, 0.05) is 22.7 Å². The number of hydrogen-bond donors (Lipinski definition) is 3. The fraction of sp³-hybridized carbons (Fsp3) is 0.241. The minimum absolute atomic E-state index is 0.0109. The van der Waals surface area contributed by atoms with Crippen molar-refractivity contribution in [1.82, 2.24) is 40.6 Å². The third-order valence-corrected chi connectivity index (χ3v) is 8.20. The first-order valence-electron chi connectivity index (χ1n) is 14.0. The quantitative estimate of drug-likeness (QED) is 0.136. The summed E-state index contributed by atoms with van der Waals surface area (Å²) in [7, 11) is -3.58. The second-order valence-corrected chi connectivity index (χ2v) is 12.0. The number of sulfonamides is 1. The lowest BCUT2D eigenvalue weighted by atomic mass is 9.83. The van der Waals surface area contributed by atoms with Gasteiger partial charge in [0.15, 0.2) is 11.6 Å². The van der Waals surface area contributed by atoms with E-state index in [-0.39, 0.29) is 17.3 Å². The number of nitrogens with one attached hydrogen (secondary N) is 1. The summed E-state index contributed by atoms with van der Waals surface area (Å²) in [4.78, 5) is 2.53. The molecule has 3 N–H and O–H groups in total. The van der Waals surface area contributed by atoms with E-state index in [1.54, 1.807) is 74.8 Å². The zero-order valence-electron chi connectivity index (χ0n) is 24.7. The number of unbranched alkanes of at least 4 members (excludes halogenated alkanes) is 1. The Hall–Kier alpha value is -5.51. The largest absolute Gasteiger partial charge is 0.508 e. The van der Waals surface area contributed by atoms with Gasteiger partial charge in [0.2, 0.25) is 10.0 Å². The van der Waals surface area contributed by atoms with Crippen LogP contribution in [0.5, 0.6) is 11.5 Å². The fourth-order valence-electron chi connectivity index (χ4n) is 4.55. The highest BCUT2D eigenvalue weighted by molar-refractivity contribution is 7.92. The molecule has 232 valence electrons. The molecule has 3 aromatic carbocycles. The van der Waals surface area contributed by atoms with E-state index in [4.69, 9.17) is 0 Å². The van der Waals surface area contributed by atoms with Crippen molar-refractivity contribution in [3.8, 4) is 11.5 Å². The van der Waals surface area contributed by atoms with Crippen LogP contribution in [-0.4, -0.2) is 77.4 Å². The number of aryl methyl sites for hydroxylation is 2. The third kappa shape index (κ3) is 7.53. The number of aromatic nitrogens is 8. The van der Waals surface area contributed by atoms with Crippen molar-refractivity contribution in [2.24, 2.45) is 10.2 Å². The standard InChI is InChI=1S/C29H31N11O4S/c1-4-5-13-45(43,44)34-24-8-6-7-23(16-24)29(25-14-21(9-11-27(25)41)17-30-39-19(2)32-35-37-39)26-15-22(10-12-28(26)42)18-31-40-20(3)33-36-38-40/h6-12,14-18,29,34,41-42H,4-5,13H2,1-3H3/b30-17+,31-18+. The molecule has 0 bridgehead atoms. The summed E-state index contributed by atoms with van der Waals surface area (Å²) in [5.41, 5.74) is 3.05. The molecule has 0 amide bonds. The van der Waals surface area contributed by atoms with Crippen LogP contribution >= 0.6 is 0 Å². The Morgan fingerprint density at radius 1 is 0.844 bits per heavy atom. The highest BCUT2D eigenvalue weighted by Crippen LogP contribution is 2.41. The molecule has 0 aliphatic carbocycles. The molecular formula is C29H31N11O4S. The van der Waals surface area contributed by atoms with Gasteiger partial charge >= 0.3 is 0 Å². The van der Waals surface area contributed by atoms with Crippen molar-refractivity contribution in [1.29, 1.82) is 0 Å². The van der Waals surface area contributed by atoms with E-state index in [1.165, 1.54) is 21.7 Å². The van der Waals surface area contributed by atoms with Crippen molar-refractivity contribution < 1.29 is 18.6 Å². The van der Waals surface area contributed by atoms with Gasteiger partial charge in [-0.1, -0.05) is 25.5 Å². The second kappa shape index (κ2) is 13.4. The molecule has 5 rings (SSSR count). The minimum Gasteiger partial charge on any atom is -0.508 e. The van der Waals surface area contributed by atoms with Crippen LogP contribution in [0.15, 0.2) is 70.9 Å². The summed E-state index contributed by atoms with van der Waals surface area (Å²) in [5, 5.41) is 53.4. The summed E-state index contributed by atoms with van der Waals surface area (Å²) < 4.78 is 28.1. The Kier molecular flexibility index (Phi) is 9.22. The molecule has 15 nitrogen and oxygen atoms in total. The van der Waals surface area contributed by atoms with Gasteiger partial charge in [0.1, 0.15) is 11.5 Å². The Morgan fingerprint density at radius 2 is 1.40 bits per heavy atom. The zero-order chi connectivity index (χ0) is 32.0. The van der Waals surface area contributed by atoms with E-state index < -0.39 is 15.9 Å². The molecule has 0 fully saturated rings. The first kappa shape index (κ1) is 30.9. The zero-order valence-corrected chi connectivity index (χ0v) is 25.5. The van der Waals surface area contributed by atoms with Crippen LogP contribution < -0.4 is 4.72 Å². The number of hydrogen-bond acceptors (Lipinski definition) is 12. The Balaban J connectivity index is 1.62. The van der Waals surface area contributed by atoms with Gasteiger partial charge in [0.05, 0.1) is 18.2 Å². The molecule has 0 atom stereocenters. The van der Waals surface area contributed by atoms with E-state index in [0.29, 0.717) is 51.6 Å². The lowest BCUT2D eigenvalue weighted by molar-refractivity contribution is 0.458. The highest BCUT2D eigenvalue weighted by Gasteiger charge is 2.24. The summed E-state index contributed by atoms with van der Waals surface area (Å²) >= 11 is 0. The number of phenols is 2. The number of rotatable bonds is 12. The number of benzene rings is 3. The molecule has 5 aromatic rings. The maximum Gasteiger partial charge on any atom is 0.232 e. The molecule has 0 spiro atoms. The maximum absolute atomic E-state index is 12.7. The van der Waals surface area contributed by atoms with Crippen LogP contribution in [0.1, 0.15) is 65.1 Å². The van der Waals surface area contributed by atoms with Crippen molar-refractivity contribution in [2.75, 3.05) is 10.5 Å². The van der Waals surface area contributed by atoms with Gasteiger partial charge < -0.3 is 10.2 Å². The molecule has 0 radical (unpaired) electrons. The van der Waals surface area contributed by atoms with E-state index in [9.17, 15) is 18.6 Å². The molecule has 0 saturated carbocycles. The summed E-state index contributed by atoms with van der Waals surface area (Å²) in [6.07, 6.45) is 4.34. The molecule has 0 saturated heterocycles. The van der Waals surface area contributed by atoms with Crippen LogP contribution in [0.3, 0.4) is 0 Å². The fourth-order valence-corrected chi connectivity index (χ4v) is 5.81. The van der Waals surface area contributed by atoms with Crippen molar-refractivity contribution in [2.45, 2.75) is 39.5 Å². The maximum atomic E-state index is 12.7. The lowest BCUT2D eigenvalue weighted by Gasteiger charge is -2.22. The van der Waals surface area contributed by atoms with E-state index in [0.717, 1.165) is 6.42 Å². The van der Waals surface area contributed by atoms with Crippen LogP contribution in [0, 0.1) is 13.8 Å². The van der Waals surface area contributed by atoms with E-state index in [2.05, 4.69) is 46.0 Å². The van der Waals surface area contributed by atoms with E-state index >= 15 is 0 Å². The van der Waals surface area contributed by atoms with Crippen LogP contribution in [-0.2, 0) is 10.0 Å². The predicted molar refractivity (Wildman–Crippen MR) is 167 cm³/mol. The Bertz CT molecular complexity index is 1870. The van der Waals surface area contributed by atoms with Gasteiger partial charge in [-0.3, -0.25) is 4.72 Å². The average Bonchev–Trinajstić information content (AvgIpc) is 3.63. The monoisotopic (exact) mass is 629 g/mol. The van der Waals surface area contributed by atoms with Gasteiger partial charge in [0.25, 0.3) is 0 Å². The molecule has 2 heterocycles. The van der Waals surface area contributed by atoms with Gasteiger partial charge in [-0.2, -0.15) is 10.2 Å². The van der Waals surface area contributed by atoms with Crippen LogP contribution in [0.2, 0.25) is 0 Å². The predicted octanol–water partition coefficient (Wildman–Crippen LogP) is 3.17. The van der Waals surface area contributed by atoms with Gasteiger partial charge in [-0.15, -0.1) is 19.8 Å². The van der Waals surface area contributed by atoms with Crippen LogP contribution in [0.4, 0.5) is 5.69 Å². The van der Waals surface area contributed by atoms with E-state index in [1.807, 2.05) is 6.92 Å². The van der Waals surface area contributed by atoms with Gasteiger partial charge in [-0.05, 0) is 106 Å². The molecule has 0 unspecified atom stereocenters. The normalized spacial score (nSPS) is 12.1. The molecule has 0 aliphatic heterocycles. The minimum atomic E-state index is -3.58. The average molecular weight is 630 g/mol. The number of anilines is 1. The molecular weight excluding hydrogens is 598 g/mol. The number of phenolic OH excluding ortho intramolecular Hbond substituents is 2. The number of tetrazole rings is 2. The number of nitrogens with zero attached hydrogens (tertiary/aromatic N) is 10. The molecule has 45 heavy (non-hydrogen) atoms. The summed E-state index contributed by atoms with van der Waals surface area (Å²) in [6, 6.07) is 16.7. The highest BCUT2D eigenvalue weighted by atomic mass is 32.2.